The first-order chi connectivity index (χ1) is 8.66. The van der Waals surface area contributed by atoms with E-state index in [2.05, 4.69) is 16.0 Å². The molecule has 1 fully saturated rings. The van der Waals surface area contributed by atoms with E-state index in [1.54, 1.807) is 6.92 Å². The van der Waals surface area contributed by atoms with Gasteiger partial charge >= 0.3 is 0 Å². The van der Waals surface area contributed by atoms with E-state index in [1.807, 2.05) is 37.9 Å². The lowest BCUT2D eigenvalue weighted by atomic mass is 10.2. The lowest BCUT2D eigenvalue weighted by molar-refractivity contribution is -0.129. The Morgan fingerprint density at radius 2 is 1.78 bits per heavy atom. The molecule has 0 spiro atoms. The maximum Gasteiger partial charge on any atom is 0.219 e. The van der Waals surface area contributed by atoms with Crippen LogP contribution in [-0.2, 0) is 4.79 Å². The third-order valence-electron chi connectivity index (χ3n) is 2.94. The van der Waals surface area contributed by atoms with Gasteiger partial charge in [0.25, 0.3) is 0 Å². The van der Waals surface area contributed by atoms with Gasteiger partial charge in [-0.1, -0.05) is 19.9 Å². The molecule has 0 radical (unpaired) electrons. The number of amides is 1. The lowest BCUT2D eigenvalue weighted by Gasteiger charge is -2.34. The van der Waals surface area contributed by atoms with Gasteiger partial charge in [-0.2, -0.15) is 0 Å². The van der Waals surface area contributed by atoms with Gasteiger partial charge in [0.15, 0.2) is 0 Å². The molecule has 0 N–H and O–H groups in total. The third kappa shape index (κ3) is 3.72. The summed E-state index contributed by atoms with van der Waals surface area (Å²) < 4.78 is 0. The molecular weight excluding hydrogens is 226 g/mol. The monoisotopic (exact) mass is 249 g/mol. The summed E-state index contributed by atoms with van der Waals surface area (Å²) in [5.41, 5.74) is 1.17. The second kappa shape index (κ2) is 6.99. The molecule has 0 atom stereocenters. The molecule has 1 aliphatic rings. The van der Waals surface area contributed by atoms with Crippen LogP contribution in [0.3, 0.4) is 0 Å². The molecule has 1 amide bonds. The number of nitrogens with zero attached hydrogens (tertiary/aromatic N) is 3. The minimum absolute atomic E-state index is 0.163. The highest BCUT2D eigenvalue weighted by Gasteiger charge is 2.18. The van der Waals surface area contributed by atoms with E-state index >= 15 is 0 Å². The van der Waals surface area contributed by atoms with Crippen molar-refractivity contribution in [1.29, 1.82) is 0 Å². The van der Waals surface area contributed by atoms with Gasteiger partial charge in [-0.3, -0.25) is 4.79 Å². The summed E-state index contributed by atoms with van der Waals surface area (Å²) >= 11 is 0. The summed E-state index contributed by atoms with van der Waals surface area (Å²) in [5, 5.41) is 0. The predicted molar refractivity (Wildman–Crippen MR) is 74.8 cm³/mol. The van der Waals surface area contributed by atoms with Crippen molar-refractivity contribution in [3.8, 4) is 0 Å². The minimum atomic E-state index is 0.163. The smallest absolute Gasteiger partial charge is 0.219 e. The predicted octanol–water partition coefficient (Wildman–Crippen LogP) is 2.08. The maximum atomic E-state index is 11.2. The van der Waals surface area contributed by atoms with Crippen LogP contribution in [0, 0.1) is 6.92 Å². The Hall–Kier alpha value is -1.58. The van der Waals surface area contributed by atoms with E-state index in [4.69, 9.17) is 0 Å². The van der Waals surface area contributed by atoms with Crippen LogP contribution in [0.15, 0.2) is 18.3 Å². The van der Waals surface area contributed by atoms with Gasteiger partial charge in [0, 0.05) is 39.3 Å². The van der Waals surface area contributed by atoms with E-state index in [0.29, 0.717) is 0 Å². The third-order valence-corrected chi connectivity index (χ3v) is 2.94. The van der Waals surface area contributed by atoms with Gasteiger partial charge in [0.05, 0.1) is 0 Å². The summed E-state index contributed by atoms with van der Waals surface area (Å²) in [6.07, 6.45) is 1.88. The van der Waals surface area contributed by atoms with Crippen molar-refractivity contribution >= 4 is 11.7 Å². The van der Waals surface area contributed by atoms with Crippen molar-refractivity contribution < 1.29 is 4.79 Å². The number of aromatic nitrogens is 1. The minimum Gasteiger partial charge on any atom is -0.353 e. The van der Waals surface area contributed by atoms with Crippen LogP contribution >= 0.6 is 0 Å². The molecule has 4 heteroatoms. The molecular formula is C14H23N3O. The number of aryl methyl sites for hydroxylation is 1. The average Bonchev–Trinajstić information content (AvgIpc) is 2.42. The Kier molecular flexibility index (Phi) is 5.62. The first-order valence-corrected chi connectivity index (χ1v) is 6.60. The molecule has 2 rings (SSSR count). The molecule has 0 aliphatic carbocycles. The molecule has 0 bridgehead atoms. The number of pyridine rings is 1. The molecule has 0 saturated carbocycles. The fourth-order valence-corrected chi connectivity index (χ4v) is 1.90. The highest BCUT2D eigenvalue weighted by molar-refractivity contribution is 5.73. The molecule has 1 saturated heterocycles. The van der Waals surface area contributed by atoms with Crippen molar-refractivity contribution in [2.24, 2.45) is 0 Å². The Labute approximate surface area is 110 Å². The van der Waals surface area contributed by atoms with E-state index < -0.39 is 0 Å². The summed E-state index contributed by atoms with van der Waals surface area (Å²) in [7, 11) is 0. The molecule has 1 aliphatic heterocycles. The average molecular weight is 249 g/mol. The topological polar surface area (TPSA) is 36.4 Å². The van der Waals surface area contributed by atoms with Gasteiger partial charge in [0.1, 0.15) is 5.82 Å². The maximum absolute atomic E-state index is 11.2. The van der Waals surface area contributed by atoms with Crippen LogP contribution in [0.25, 0.3) is 0 Å². The van der Waals surface area contributed by atoms with Crippen LogP contribution in [0.4, 0.5) is 5.82 Å². The summed E-state index contributed by atoms with van der Waals surface area (Å²) in [5.74, 6) is 1.17. The Bertz CT molecular complexity index is 367. The Morgan fingerprint density at radius 3 is 2.22 bits per heavy atom. The largest absolute Gasteiger partial charge is 0.353 e. The Balaban J connectivity index is 0.000000771. The zero-order valence-electron chi connectivity index (χ0n) is 11.8. The summed E-state index contributed by atoms with van der Waals surface area (Å²) in [4.78, 5) is 19.7. The number of hydrogen-bond acceptors (Lipinski definition) is 3. The van der Waals surface area contributed by atoms with E-state index in [0.717, 1.165) is 32.0 Å². The number of rotatable bonds is 1. The van der Waals surface area contributed by atoms with Crippen molar-refractivity contribution in [2.75, 3.05) is 31.1 Å². The van der Waals surface area contributed by atoms with E-state index in [9.17, 15) is 4.79 Å². The van der Waals surface area contributed by atoms with Crippen LogP contribution in [0.1, 0.15) is 26.3 Å². The highest BCUT2D eigenvalue weighted by Crippen LogP contribution is 2.13. The normalized spacial score (nSPS) is 14.9. The number of carbonyl (C=O) groups is 1. The highest BCUT2D eigenvalue weighted by atomic mass is 16.2. The van der Waals surface area contributed by atoms with Gasteiger partial charge in [-0.05, 0) is 18.6 Å². The SMILES string of the molecule is CC.CC(=O)N1CCN(c2ccc(C)cn2)CC1. The van der Waals surface area contributed by atoms with Crippen LogP contribution < -0.4 is 4.90 Å². The summed E-state index contributed by atoms with van der Waals surface area (Å²) in [6, 6.07) is 4.11. The van der Waals surface area contributed by atoms with E-state index in [1.165, 1.54) is 5.56 Å². The summed E-state index contributed by atoms with van der Waals surface area (Å²) in [6.45, 7) is 11.0. The molecule has 4 nitrogen and oxygen atoms in total. The first kappa shape index (κ1) is 14.5. The number of hydrogen-bond donors (Lipinski definition) is 0. The Morgan fingerprint density at radius 1 is 1.17 bits per heavy atom. The zero-order chi connectivity index (χ0) is 13.5. The van der Waals surface area contributed by atoms with Gasteiger partial charge in [0.2, 0.25) is 5.91 Å². The van der Waals surface area contributed by atoms with Gasteiger partial charge < -0.3 is 9.80 Å². The molecule has 0 unspecified atom stereocenters. The van der Waals surface area contributed by atoms with Crippen LogP contribution in [-0.4, -0.2) is 42.0 Å². The molecule has 18 heavy (non-hydrogen) atoms. The second-order valence-electron chi connectivity index (χ2n) is 4.19. The van der Waals surface area contributed by atoms with Gasteiger partial charge in [-0.25, -0.2) is 4.98 Å². The van der Waals surface area contributed by atoms with Crippen molar-refractivity contribution in [3.63, 3.8) is 0 Å². The molecule has 0 aromatic carbocycles. The van der Waals surface area contributed by atoms with Gasteiger partial charge in [-0.15, -0.1) is 0 Å². The second-order valence-corrected chi connectivity index (χ2v) is 4.19. The first-order valence-electron chi connectivity index (χ1n) is 6.60. The molecule has 1 aromatic rings. The zero-order valence-corrected chi connectivity index (χ0v) is 11.8. The lowest BCUT2D eigenvalue weighted by Crippen LogP contribution is -2.48. The molecule has 100 valence electrons. The molecule has 2 heterocycles. The standard InChI is InChI=1S/C12H17N3O.C2H6/c1-10-3-4-12(13-9-10)15-7-5-14(6-8-15)11(2)16;1-2/h3-4,9H,5-8H2,1-2H3;1-2H3. The van der Waals surface area contributed by atoms with Crippen molar-refractivity contribution in [2.45, 2.75) is 27.7 Å². The van der Waals surface area contributed by atoms with Crippen molar-refractivity contribution in [3.05, 3.63) is 23.9 Å². The van der Waals surface area contributed by atoms with Crippen LogP contribution in [0.2, 0.25) is 0 Å². The fraction of sp³-hybridized carbons (Fsp3) is 0.571. The van der Waals surface area contributed by atoms with E-state index in [-0.39, 0.29) is 5.91 Å². The molecule has 1 aromatic heterocycles. The number of carbonyl (C=O) groups excluding carboxylic acids is 1. The van der Waals surface area contributed by atoms with Crippen molar-refractivity contribution in [1.82, 2.24) is 9.88 Å². The number of anilines is 1. The van der Waals surface area contributed by atoms with Crippen LogP contribution in [0.5, 0.6) is 0 Å². The number of piperazine rings is 1. The quantitative estimate of drug-likeness (QED) is 0.764. The fourth-order valence-electron chi connectivity index (χ4n) is 1.90.